The van der Waals surface area contributed by atoms with E-state index in [2.05, 4.69) is 9.98 Å². The lowest BCUT2D eigenvalue weighted by Gasteiger charge is -2.07. The van der Waals surface area contributed by atoms with Gasteiger partial charge in [-0.15, -0.1) is 11.3 Å². The number of hydrogen-bond donors (Lipinski definition) is 1. The molecule has 0 fully saturated rings. The molecule has 22 heavy (non-hydrogen) atoms. The number of H-pyrrole nitrogens is 1. The number of nitrogens with one attached hydrogen (secondary N) is 1. The van der Waals surface area contributed by atoms with Crippen LogP contribution >= 0.6 is 11.3 Å². The Morgan fingerprint density at radius 3 is 2.77 bits per heavy atom. The van der Waals surface area contributed by atoms with Crippen molar-refractivity contribution in [2.75, 3.05) is 6.54 Å². The number of ether oxygens (including phenoxy) is 1. The normalized spacial score (nSPS) is 18.0. The van der Waals surface area contributed by atoms with Crippen molar-refractivity contribution in [1.29, 1.82) is 0 Å². The molecule has 0 bridgehead atoms. The van der Waals surface area contributed by atoms with Crippen LogP contribution in [0.2, 0.25) is 0 Å². The predicted molar refractivity (Wildman–Crippen MR) is 88.2 cm³/mol. The zero-order chi connectivity index (χ0) is 16.0. The number of aromatic amines is 1. The monoisotopic (exact) mass is 321 g/mol. The average molecular weight is 321 g/mol. The van der Waals surface area contributed by atoms with E-state index in [9.17, 15) is 9.59 Å². The van der Waals surface area contributed by atoms with Crippen LogP contribution in [0.4, 0.5) is 0 Å². The van der Waals surface area contributed by atoms with Gasteiger partial charge in [0.05, 0.1) is 16.8 Å². The Morgan fingerprint density at radius 2 is 2.18 bits per heavy atom. The Hall–Kier alpha value is -1.89. The highest BCUT2D eigenvalue weighted by Gasteiger charge is 2.24. The summed E-state index contributed by atoms with van der Waals surface area (Å²) >= 11 is 1.35. The maximum Gasteiger partial charge on any atom is 0.329 e. The molecule has 1 aliphatic heterocycles. The van der Waals surface area contributed by atoms with Crippen molar-refractivity contribution in [3.8, 4) is 0 Å². The Balaban J connectivity index is 2.21. The molecule has 0 unspecified atom stereocenters. The number of aromatic nitrogens is 2. The third-order valence-corrected chi connectivity index (χ3v) is 4.81. The standard InChI is InChI=1S/C15H19N3O3S/c1-7(2)6-18-14(19)10-9(4)11(12-16-5-8(3)21-12)22-13(10)17-15(18)20/h7-8H,5-6H2,1-4H3,(H,17,20)/t8-/m1/s1. The van der Waals surface area contributed by atoms with E-state index >= 15 is 0 Å². The topological polar surface area (TPSA) is 76.4 Å². The molecule has 2 aromatic rings. The largest absolute Gasteiger partial charge is 0.472 e. The molecule has 0 aliphatic carbocycles. The highest BCUT2D eigenvalue weighted by atomic mass is 32.1. The van der Waals surface area contributed by atoms with Crippen molar-refractivity contribution in [2.45, 2.75) is 40.3 Å². The number of rotatable bonds is 3. The van der Waals surface area contributed by atoms with Gasteiger partial charge in [-0.25, -0.2) is 9.79 Å². The molecule has 0 aromatic carbocycles. The number of aryl methyl sites for hydroxylation is 1. The molecule has 1 N–H and O–H groups in total. The molecule has 6 nitrogen and oxygen atoms in total. The molecule has 118 valence electrons. The number of fused-ring (bicyclic) bond motifs is 1. The molecular formula is C15H19N3O3S. The second-order valence-corrected chi connectivity index (χ2v) is 7.09. The van der Waals surface area contributed by atoms with E-state index in [4.69, 9.17) is 4.74 Å². The minimum Gasteiger partial charge on any atom is -0.472 e. The molecule has 0 saturated heterocycles. The lowest BCUT2D eigenvalue weighted by molar-refractivity contribution is 0.247. The zero-order valence-corrected chi connectivity index (χ0v) is 13.9. The van der Waals surface area contributed by atoms with Crippen molar-refractivity contribution in [3.63, 3.8) is 0 Å². The molecule has 0 saturated carbocycles. The minimum atomic E-state index is -0.360. The van der Waals surface area contributed by atoms with Gasteiger partial charge in [-0.3, -0.25) is 14.3 Å². The number of hydrogen-bond acceptors (Lipinski definition) is 5. The van der Waals surface area contributed by atoms with Crippen molar-refractivity contribution < 1.29 is 4.74 Å². The Morgan fingerprint density at radius 1 is 1.45 bits per heavy atom. The van der Waals surface area contributed by atoms with Gasteiger partial charge in [0.15, 0.2) is 0 Å². The molecule has 1 atom stereocenters. The summed E-state index contributed by atoms with van der Waals surface area (Å²) < 4.78 is 6.96. The number of nitrogens with zero attached hydrogens (tertiary/aromatic N) is 2. The fourth-order valence-corrected chi connectivity index (χ4v) is 3.73. The maximum atomic E-state index is 12.7. The van der Waals surface area contributed by atoms with E-state index < -0.39 is 0 Å². The summed E-state index contributed by atoms with van der Waals surface area (Å²) in [6.07, 6.45) is 0.0521. The summed E-state index contributed by atoms with van der Waals surface area (Å²) in [5, 5.41) is 0.561. The van der Waals surface area contributed by atoms with Gasteiger partial charge < -0.3 is 4.74 Å². The highest BCUT2D eigenvalue weighted by molar-refractivity contribution is 7.20. The maximum absolute atomic E-state index is 12.7. The van der Waals surface area contributed by atoms with E-state index in [-0.39, 0.29) is 23.3 Å². The summed E-state index contributed by atoms with van der Waals surface area (Å²) in [6.45, 7) is 8.81. The van der Waals surface area contributed by atoms with Crippen LogP contribution in [0.1, 0.15) is 31.2 Å². The van der Waals surface area contributed by atoms with Gasteiger partial charge in [-0.2, -0.15) is 0 Å². The Bertz CT molecular complexity index is 873. The molecular weight excluding hydrogens is 302 g/mol. The third-order valence-electron chi connectivity index (χ3n) is 3.62. The highest BCUT2D eigenvalue weighted by Crippen LogP contribution is 2.29. The molecule has 2 aromatic heterocycles. The SMILES string of the molecule is Cc1c(C2=NC[C@@H](C)O2)sc2[nH]c(=O)n(CC(C)C)c(=O)c12. The lowest BCUT2D eigenvalue weighted by atomic mass is 10.2. The van der Waals surface area contributed by atoms with Crippen molar-refractivity contribution in [2.24, 2.45) is 10.9 Å². The van der Waals surface area contributed by atoms with Crippen LogP contribution in [0.5, 0.6) is 0 Å². The first-order valence-corrected chi connectivity index (χ1v) is 8.17. The van der Waals surface area contributed by atoms with Gasteiger partial charge in [0.1, 0.15) is 10.9 Å². The molecule has 7 heteroatoms. The van der Waals surface area contributed by atoms with E-state index in [1.807, 2.05) is 27.7 Å². The van der Waals surface area contributed by atoms with Crippen LogP contribution in [-0.2, 0) is 11.3 Å². The first kappa shape index (κ1) is 15.0. The fourth-order valence-electron chi connectivity index (χ4n) is 2.59. The lowest BCUT2D eigenvalue weighted by Crippen LogP contribution is -2.36. The van der Waals surface area contributed by atoms with E-state index in [1.54, 1.807) is 0 Å². The van der Waals surface area contributed by atoms with Crippen LogP contribution < -0.4 is 11.2 Å². The van der Waals surface area contributed by atoms with Gasteiger partial charge in [0, 0.05) is 6.54 Å². The van der Waals surface area contributed by atoms with E-state index in [1.165, 1.54) is 15.9 Å². The van der Waals surface area contributed by atoms with Crippen LogP contribution in [0.15, 0.2) is 14.6 Å². The predicted octanol–water partition coefficient (Wildman–Crippen LogP) is 1.88. The summed E-state index contributed by atoms with van der Waals surface area (Å²) in [7, 11) is 0. The first-order chi connectivity index (χ1) is 10.4. The van der Waals surface area contributed by atoms with Crippen LogP contribution in [0, 0.1) is 12.8 Å². The molecule has 1 aliphatic rings. The van der Waals surface area contributed by atoms with Gasteiger partial charge in [-0.1, -0.05) is 13.8 Å². The molecule has 0 amide bonds. The summed E-state index contributed by atoms with van der Waals surface area (Å²) in [4.78, 5) is 33.4. The summed E-state index contributed by atoms with van der Waals surface area (Å²) in [6, 6.07) is 0. The van der Waals surface area contributed by atoms with Crippen LogP contribution in [0.3, 0.4) is 0 Å². The van der Waals surface area contributed by atoms with Crippen LogP contribution in [-0.4, -0.2) is 28.1 Å². The molecule has 0 radical (unpaired) electrons. The summed E-state index contributed by atoms with van der Waals surface area (Å²) in [5.74, 6) is 0.792. The average Bonchev–Trinajstić information content (AvgIpc) is 2.98. The smallest absolute Gasteiger partial charge is 0.329 e. The van der Waals surface area contributed by atoms with E-state index in [0.717, 1.165) is 10.4 Å². The van der Waals surface area contributed by atoms with Crippen LogP contribution in [0.25, 0.3) is 10.2 Å². The van der Waals surface area contributed by atoms with Crippen molar-refractivity contribution >= 4 is 27.5 Å². The Kier molecular flexibility index (Phi) is 3.68. The second-order valence-electron chi connectivity index (χ2n) is 6.07. The van der Waals surface area contributed by atoms with E-state index in [0.29, 0.717) is 29.2 Å². The fraction of sp³-hybridized carbons (Fsp3) is 0.533. The summed E-state index contributed by atoms with van der Waals surface area (Å²) in [5.41, 5.74) is 0.229. The van der Waals surface area contributed by atoms with Gasteiger partial charge >= 0.3 is 5.69 Å². The number of thiophene rings is 1. The van der Waals surface area contributed by atoms with Gasteiger partial charge in [0.2, 0.25) is 5.90 Å². The van der Waals surface area contributed by atoms with Gasteiger partial charge in [0.25, 0.3) is 5.56 Å². The molecule has 3 heterocycles. The van der Waals surface area contributed by atoms with Crippen molar-refractivity contribution in [1.82, 2.24) is 9.55 Å². The Labute approximate surface area is 131 Å². The third kappa shape index (κ3) is 2.39. The molecule has 0 spiro atoms. The number of aliphatic imine (C=N–C) groups is 1. The molecule has 3 rings (SSSR count). The minimum absolute atomic E-state index is 0.0521. The zero-order valence-electron chi connectivity index (χ0n) is 13.1. The van der Waals surface area contributed by atoms with Crippen molar-refractivity contribution in [3.05, 3.63) is 31.3 Å². The quantitative estimate of drug-likeness (QED) is 0.938. The first-order valence-electron chi connectivity index (χ1n) is 7.36. The second kappa shape index (κ2) is 5.39. The van der Waals surface area contributed by atoms with Gasteiger partial charge in [-0.05, 0) is 25.3 Å².